The van der Waals surface area contributed by atoms with Crippen LogP contribution in [0.25, 0.3) is 0 Å². The zero-order chi connectivity index (χ0) is 18.6. The summed E-state index contributed by atoms with van der Waals surface area (Å²) in [6.07, 6.45) is 5.12. The summed E-state index contributed by atoms with van der Waals surface area (Å²) in [4.78, 5) is 24.5. The van der Waals surface area contributed by atoms with E-state index in [-0.39, 0.29) is 29.7 Å². The largest absolute Gasteiger partial charge is 0.300 e. The van der Waals surface area contributed by atoms with Crippen LogP contribution in [0.2, 0.25) is 0 Å². The lowest BCUT2D eigenvalue weighted by molar-refractivity contribution is -0.134. The third-order valence-corrected chi connectivity index (χ3v) is 6.21. The van der Waals surface area contributed by atoms with Crippen LogP contribution in [0.5, 0.6) is 0 Å². The molecule has 1 aromatic carbocycles. The van der Waals surface area contributed by atoms with Gasteiger partial charge in [-0.15, -0.1) is 10.2 Å². The van der Waals surface area contributed by atoms with E-state index in [9.17, 15) is 9.59 Å². The van der Waals surface area contributed by atoms with Crippen LogP contribution in [-0.4, -0.2) is 28.1 Å². The number of carbonyl (C=O) groups excluding carboxylic acids is 2. The minimum absolute atomic E-state index is 0.0248. The van der Waals surface area contributed by atoms with Gasteiger partial charge in [-0.2, -0.15) is 0 Å². The first-order valence-corrected chi connectivity index (χ1v) is 10.2. The molecule has 2 aromatic rings. The summed E-state index contributed by atoms with van der Waals surface area (Å²) in [6.45, 7) is 0. The van der Waals surface area contributed by atoms with Gasteiger partial charge < -0.3 is 5.32 Å². The maximum absolute atomic E-state index is 12.5. The minimum Gasteiger partial charge on any atom is -0.300 e. The highest BCUT2D eigenvalue weighted by molar-refractivity contribution is 7.15. The molecule has 2 fully saturated rings. The average molecular weight is 385 g/mol. The monoisotopic (exact) mass is 385 g/mol. The molecule has 0 bridgehead atoms. The molecule has 3 atom stereocenters. The van der Waals surface area contributed by atoms with Crippen molar-refractivity contribution in [2.75, 3.05) is 5.32 Å². The first-order valence-electron chi connectivity index (χ1n) is 9.40. The highest BCUT2D eigenvalue weighted by Crippen LogP contribution is 2.35. The van der Waals surface area contributed by atoms with Gasteiger partial charge in [-0.1, -0.05) is 54.5 Å². The van der Waals surface area contributed by atoms with Crippen molar-refractivity contribution in [2.24, 2.45) is 11.8 Å². The van der Waals surface area contributed by atoms with Crippen LogP contribution in [0.15, 0.2) is 30.3 Å². The van der Waals surface area contributed by atoms with E-state index in [1.807, 2.05) is 30.3 Å². The van der Waals surface area contributed by atoms with Gasteiger partial charge in [-0.05, 0) is 24.3 Å². The Morgan fingerprint density at radius 3 is 2.85 bits per heavy atom. The second kappa shape index (κ2) is 8.14. The van der Waals surface area contributed by atoms with Gasteiger partial charge in [-0.3, -0.25) is 15.0 Å². The number of amides is 2. The molecule has 8 heteroatoms. The Morgan fingerprint density at radius 2 is 2.00 bits per heavy atom. The molecular weight excluding hydrogens is 362 g/mol. The molecule has 0 radical (unpaired) electrons. The maximum atomic E-state index is 12.5. The molecule has 1 saturated carbocycles. The summed E-state index contributed by atoms with van der Waals surface area (Å²) < 4.78 is 0. The van der Waals surface area contributed by atoms with Crippen molar-refractivity contribution in [1.82, 2.24) is 21.0 Å². The fourth-order valence-electron chi connectivity index (χ4n) is 4.05. The summed E-state index contributed by atoms with van der Waals surface area (Å²) in [5.74, 6) is 0.208. The Bertz CT molecular complexity index is 809. The second-order valence-corrected chi connectivity index (χ2v) is 8.27. The zero-order valence-electron chi connectivity index (χ0n) is 15.0. The number of fused-ring (bicyclic) bond motifs is 1. The van der Waals surface area contributed by atoms with E-state index in [1.165, 1.54) is 11.3 Å². The van der Waals surface area contributed by atoms with Gasteiger partial charge in [-0.25, -0.2) is 5.43 Å². The number of aromatic nitrogens is 2. The Hall–Kier alpha value is -2.32. The SMILES string of the molecule is O=C(CC1NNC(=O)C2CCCCC12)Nc1nnc(Cc2ccccc2)s1. The van der Waals surface area contributed by atoms with E-state index in [2.05, 4.69) is 26.4 Å². The van der Waals surface area contributed by atoms with Gasteiger partial charge in [0.2, 0.25) is 16.9 Å². The quantitative estimate of drug-likeness (QED) is 0.734. The summed E-state index contributed by atoms with van der Waals surface area (Å²) in [5.41, 5.74) is 6.93. The Balaban J connectivity index is 1.33. The van der Waals surface area contributed by atoms with Gasteiger partial charge in [0.25, 0.3) is 0 Å². The predicted molar refractivity (Wildman–Crippen MR) is 103 cm³/mol. The summed E-state index contributed by atoms with van der Waals surface area (Å²) in [5, 5.41) is 12.5. The number of hydrogen-bond acceptors (Lipinski definition) is 6. The van der Waals surface area contributed by atoms with Crippen molar-refractivity contribution in [3.05, 3.63) is 40.9 Å². The van der Waals surface area contributed by atoms with E-state index in [0.29, 0.717) is 18.0 Å². The number of nitrogens with one attached hydrogen (secondary N) is 3. The van der Waals surface area contributed by atoms with Crippen LogP contribution in [0.4, 0.5) is 5.13 Å². The fraction of sp³-hybridized carbons (Fsp3) is 0.474. The molecule has 7 nitrogen and oxygen atoms in total. The molecule has 3 unspecified atom stereocenters. The van der Waals surface area contributed by atoms with E-state index in [1.54, 1.807) is 0 Å². The van der Waals surface area contributed by atoms with Crippen molar-refractivity contribution < 1.29 is 9.59 Å². The molecule has 2 heterocycles. The van der Waals surface area contributed by atoms with Crippen molar-refractivity contribution in [3.63, 3.8) is 0 Å². The number of rotatable bonds is 5. The molecule has 1 aliphatic heterocycles. The van der Waals surface area contributed by atoms with E-state index >= 15 is 0 Å². The third-order valence-electron chi connectivity index (χ3n) is 5.37. The predicted octanol–water partition coefficient (Wildman–Crippen LogP) is 2.27. The summed E-state index contributed by atoms with van der Waals surface area (Å²) in [6, 6.07) is 10.0. The van der Waals surface area contributed by atoms with Crippen molar-refractivity contribution >= 4 is 28.3 Å². The van der Waals surface area contributed by atoms with Crippen LogP contribution >= 0.6 is 11.3 Å². The Kier molecular flexibility index (Phi) is 5.45. The van der Waals surface area contributed by atoms with Gasteiger partial charge in [0.1, 0.15) is 5.01 Å². The molecule has 1 saturated heterocycles. The lowest BCUT2D eigenvalue weighted by atomic mass is 9.73. The van der Waals surface area contributed by atoms with Gasteiger partial charge >= 0.3 is 0 Å². The molecule has 27 heavy (non-hydrogen) atoms. The summed E-state index contributed by atoms with van der Waals surface area (Å²) >= 11 is 1.40. The second-order valence-electron chi connectivity index (χ2n) is 7.21. The van der Waals surface area contributed by atoms with Crippen molar-refractivity contribution in [1.29, 1.82) is 0 Å². The Morgan fingerprint density at radius 1 is 1.19 bits per heavy atom. The van der Waals surface area contributed by atoms with Crippen LogP contribution in [0.3, 0.4) is 0 Å². The normalized spacial score (nSPS) is 24.7. The highest BCUT2D eigenvalue weighted by Gasteiger charge is 2.40. The van der Waals surface area contributed by atoms with Gasteiger partial charge in [0.05, 0.1) is 0 Å². The van der Waals surface area contributed by atoms with Crippen molar-refractivity contribution in [2.45, 2.75) is 44.6 Å². The first kappa shape index (κ1) is 18.1. The van der Waals surface area contributed by atoms with Gasteiger partial charge in [0.15, 0.2) is 0 Å². The number of hydrogen-bond donors (Lipinski definition) is 3. The smallest absolute Gasteiger partial charge is 0.237 e. The number of hydrazine groups is 1. The minimum atomic E-state index is -0.101. The summed E-state index contributed by atoms with van der Waals surface area (Å²) in [7, 11) is 0. The molecular formula is C19H23N5O2S. The fourth-order valence-corrected chi connectivity index (χ4v) is 4.84. The molecule has 142 valence electrons. The third kappa shape index (κ3) is 4.33. The van der Waals surface area contributed by atoms with E-state index < -0.39 is 0 Å². The molecule has 1 aliphatic carbocycles. The van der Waals surface area contributed by atoms with Crippen LogP contribution in [-0.2, 0) is 16.0 Å². The number of anilines is 1. The Labute approximate surface area is 161 Å². The highest BCUT2D eigenvalue weighted by atomic mass is 32.1. The molecule has 1 aromatic heterocycles. The number of carbonyl (C=O) groups is 2. The number of benzene rings is 1. The van der Waals surface area contributed by atoms with Crippen LogP contribution < -0.4 is 16.2 Å². The molecule has 2 aliphatic rings. The number of nitrogens with zero attached hydrogens (tertiary/aromatic N) is 2. The van der Waals surface area contributed by atoms with E-state index in [0.717, 1.165) is 36.3 Å². The van der Waals surface area contributed by atoms with Crippen LogP contribution in [0, 0.1) is 11.8 Å². The molecule has 0 spiro atoms. The zero-order valence-corrected chi connectivity index (χ0v) is 15.8. The maximum Gasteiger partial charge on any atom is 0.237 e. The van der Waals surface area contributed by atoms with Crippen LogP contribution in [0.1, 0.15) is 42.7 Å². The standard InChI is InChI=1S/C19H23N5O2S/c25-16(11-15-13-8-4-5-9-14(13)18(26)23-21-15)20-19-24-22-17(27-19)10-12-6-2-1-3-7-12/h1-3,6-7,13-15,21H,4-5,8-11H2,(H,23,26)(H,20,24,25). The molecule has 3 N–H and O–H groups in total. The van der Waals surface area contributed by atoms with E-state index in [4.69, 9.17) is 0 Å². The lowest BCUT2D eigenvalue weighted by Crippen LogP contribution is -2.60. The molecule has 2 amide bonds. The first-order chi connectivity index (χ1) is 13.2. The topological polar surface area (TPSA) is 96.0 Å². The van der Waals surface area contributed by atoms with Gasteiger partial charge in [0, 0.05) is 24.8 Å². The lowest BCUT2D eigenvalue weighted by Gasteiger charge is -2.40. The van der Waals surface area contributed by atoms with Crippen molar-refractivity contribution in [3.8, 4) is 0 Å². The average Bonchev–Trinajstić information content (AvgIpc) is 3.12. The molecule has 4 rings (SSSR count).